The van der Waals surface area contributed by atoms with Gasteiger partial charge in [-0.2, -0.15) is 0 Å². The quantitative estimate of drug-likeness (QED) is 0.199. The summed E-state index contributed by atoms with van der Waals surface area (Å²) < 4.78 is 0. The molecule has 4 amide bonds. The molecule has 4 aliphatic heterocycles. The molecule has 4 fully saturated rings. The predicted molar refractivity (Wildman–Crippen MR) is 188 cm³/mol. The number of amides is 4. The first-order valence-corrected chi connectivity index (χ1v) is 18.4. The van der Waals surface area contributed by atoms with Gasteiger partial charge in [0, 0.05) is 170 Å². The average molecular weight is 677 g/mol. The summed E-state index contributed by atoms with van der Waals surface area (Å²) in [6, 6.07) is 0. The van der Waals surface area contributed by atoms with Crippen molar-refractivity contribution in [3.63, 3.8) is 0 Å². The number of likely N-dealkylation sites (N-methyl/N-ethyl adjacent to an activating group) is 4. The molecule has 0 aromatic carbocycles. The highest BCUT2D eigenvalue weighted by Crippen LogP contribution is 2.10. The summed E-state index contributed by atoms with van der Waals surface area (Å²) >= 11 is 0. The second kappa shape index (κ2) is 19.7. The molecule has 0 N–H and O–H groups in total. The highest BCUT2D eigenvalue weighted by atomic mass is 16.2. The SMILES string of the molecule is CN(CCC(=O)N1CCN(C(=O)CCN2CCN(C)CC2)CC1)CCN(C)CCC(=O)N1CCN(C(=O)CCN2CCN(C)CC2)CC1. The van der Waals surface area contributed by atoms with Gasteiger partial charge < -0.3 is 49.0 Å². The molecule has 0 unspecified atom stereocenters. The molecule has 48 heavy (non-hydrogen) atoms. The Bertz CT molecular complexity index is 937. The zero-order chi connectivity index (χ0) is 34.5. The number of piperazine rings is 4. The third-order valence-electron chi connectivity index (χ3n) is 10.7. The first-order valence-electron chi connectivity index (χ1n) is 18.4. The molecule has 0 spiro atoms. The second-order valence-electron chi connectivity index (χ2n) is 14.4. The third kappa shape index (κ3) is 12.8. The fourth-order valence-electron chi connectivity index (χ4n) is 6.83. The van der Waals surface area contributed by atoms with Crippen LogP contribution in [-0.2, 0) is 19.2 Å². The van der Waals surface area contributed by atoms with E-state index in [-0.39, 0.29) is 23.6 Å². The van der Waals surface area contributed by atoms with Gasteiger partial charge in [0.2, 0.25) is 23.6 Å². The van der Waals surface area contributed by atoms with Crippen LogP contribution in [0.15, 0.2) is 0 Å². The van der Waals surface area contributed by atoms with Crippen molar-refractivity contribution in [2.45, 2.75) is 25.7 Å². The molecule has 4 aliphatic rings. The van der Waals surface area contributed by atoms with Gasteiger partial charge in [0.25, 0.3) is 0 Å². The van der Waals surface area contributed by atoms with Gasteiger partial charge in [-0.05, 0) is 28.2 Å². The number of rotatable bonds is 15. The van der Waals surface area contributed by atoms with E-state index in [1.54, 1.807) is 0 Å². The molecule has 0 atom stereocenters. The van der Waals surface area contributed by atoms with Crippen LogP contribution in [0.3, 0.4) is 0 Å². The van der Waals surface area contributed by atoms with Crippen LogP contribution < -0.4 is 0 Å². The summed E-state index contributed by atoms with van der Waals surface area (Å²) in [6.07, 6.45) is 2.06. The molecule has 0 aromatic rings. The second-order valence-corrected chi connectivity index (χ2v) is 14.4. The number of carbonyl (C=O) groups excluding carboxylic acids is 4. The fraction of sp³-hybridized carbons (Fsp3) is 0.882. The van der Waals surface area contributed by atoms with Gasteiger partial charge in [0.1, 0.15) is 0 Å². The van der Waals surface area contributed by atoms with E-state index >= 15 is 0 Å². The smallest absolute Gasteiger partial charge is 0.223 e. The Hall–Kier alpha value is -2.36. The topological polar surface area (TPSA) is 101 Å². The van der Waals surface area contributed by atoms with Crippen LogP contribution in [0.4, 0.5) is 0 Å². The summed E-state index contributed by atoms with van der Waals surface area (Å²) in [5, 5.41) is 0. The van der Waals surface area contributed by atoms with Crippen LogP contribution in [0.2, 0.25) is 0 Å². The van der Waals surface area contributed by atoms with Crippen LogP contribution in [0, 0.1) is 0 Å². The summed E-state index contributed by atoms with van der Waals surface area (Å²) in [4.78, 5) is 72.6. The molecule has 14 heteroatoms. The average Bonchev–Trinajstić information content (AvgIpc) is 3.11. The Morgan fingerprint density at radius 3 is 0.958 bits per heavy atom. The van der Waals surface area contributed by atoms with Crippen molar-refractivity contribution >= 4 is 23.6 Å². The van der Waals surface area contributed by atoms with E-state index < -0.39 is 0 Å². The lowest BCUT2D eigenvalue weighted by molar-refractivity contribution is -0.140. The van der Waals surface area contributed by atoms with E-state index in [1.807, 2.05) is 33.7 Å². The van der Waals surface area contributed by atoms with Crippen LogP contribution in [0.1, 0.15) is 25.7 Å². The molecule has 14 nitrogen and oxygen atoms in total. The fourth-order valence-corrected chi connectivity index (χ4v) is 6.83. The van der Waals surface area contributed by atoms with Gasteiger partial charge in [0.05, 0.1) is 0 Å². The maximum absolute atomic E-state index is 12.9. The largest absolute Gasteiger partial charge is 0.339 e. The van der Waals surface area contributed by atoms with E-state index in [0.29, 0.717) is 91.1 Å². The van der Waals surface area contributed by atoms with Crippen molar-refractivity contribution < 1.29 is 19.2 Å². The van der Waals surface area contributed by atoms with Crippen molar-refractivity contribution in [1.82, 2.24) is 49.0 Å². The van der Waals surface area contributed by atoms with Crippen molar-refractivity contribution in [1.29, 1.82) is 0 Å². The molecule has 0 radical (unpaired) electrons. The van der Waals surface area contributed by atoms with Crippen molar-refractivity contribution in [2.75, 3.05) is 172 Å². The standard InChI is InChI=1S/C34H64N10O4/c1-35(9-5-31(45)41-23-27-43(28-24-41)33(47)7-11-39-19-15-37(3)16-20-39)13-14-36(2)10-6-32(46)42-25-29-44(30-26-42)34(48)8-12-40-21-17-38(4)18-22-40/h5-30H2,1-4H3. The lowest BCUT2D eigenvalue weighted by atomic mass is 10.2. The molecular weight excluding hydrogens is 612 g/mol. The molecule has 0 aliphatic carbocycles. The maximum Gasteiger partial charge on any atom is 0.223 e. The number of carbonyl (C=O) groups is 4. The predicted octanol–water partition coefficient (Wildman–Crippen LogP) is -1.75. The Kier molecular flexibility index (Phi) is 15.8. The lowest BCUT2D eigenvalue weighted by Gasteiger charge is -2.36. The van der Waals surface area contributed by atoms with Crippen LogP contribution in [0.25, 0.3) is 0 Å². The van der Waals surface area contributed by atoms with Crippen molar-refractivity contribution in [2.24, 2.45) is 0 Å². The van der Waals surface area contributed by atoms with Crippen LogP contribution in [-0.4, -0.2) is 245 Å². The minimum Gasteiger partial charge on any atom is -0.339 e. The molecular formula is C34H64N10O4. The van der Waals surface area contributed by atoms with E-state index in [9.17, 15) is 19.2 Å². The number of nitrogens with zero attached hydrogens (tertiary/aromatic N) is 10. The zero-order valence-electron chi connectivity index (χ0n) is 30.5. The van der Waals surface area contributed by atoms with E-state index in [0.717, 1.165) is 78.5 Å². The number of hydrogen-bond acceptors (Lipinski definition) is 10. The maximum atomic E-state index is 12.9. The highest BCUT2D eigenvalue weighted by Gasteiger charge is 2.26. The number of hydrogen-bond donors (Lipinski definition) is 0. The Morgan fingerprint density at radius 2 is 0.667 bits per heavy atom. The normalized spacial score (nSPS) is 21.0. The van der Waals surface area contributed by atoms with E-state index in [1.165, 1.54) is 0 Å². The molecule has 4 rings (SSSR count). The van der Waals surface area contributed by atoms with Crippen LogP contribution in [0.5, 0.6) is 0 Å². The summed E-state index contributed by atoms with van der Waals surface area (Å²) in [7, 11) is 8.35. The van der Waals surface area contributed by atoms with Gasteiger partial charge in [-0.1, -0.05) is 0 Å². The highest BCUT2D eigenvalue weighted by molar-refractivity contribution is 5.79. The van der Waals surface area contributed by atoms with Gasteiger partial charge in [-0.3, -0.25) is 19.2 Å². The Balaban J connectivity index is 1.00. The monoisotopic (exact) mass is 677 g/mol. The summed E-state index contributed by atoms with van der Waals surface area (Å²) in [5.41, 5.74) is 0. The van der Waals surface area contributed by atoms with Gasteiger partial charge in [-0.15, -0.1) is 0 Å². The van der Waals surface area contributed by atoms with Gasteiger partial charge >= 0.3 is 0 Å². The van der Waals surface area contributed by atoms with Crippen molar-refractivity contribution in [3.8, 4) is 0 Å². The molecule has 0 aromatic heterocycles. The molecule has 0 saturated carbocycles. The van der Waals surface area contributed by atoms with E-state index in [4.69, 9.17) is 0 Å². The van der Waals surface area contributed by atoms with Gasteiger partial charge in [-0.25, -0.2) is 0 Å². The Morgan fingerprint density at radius 1 is 0.396 bits per heavy atom. The van der Waals surface area contributed by atoms with Crippen molar-refractivity contribution in [3.05, 3.63) is 0 Å². The summed E-state index contributed by atoms with van der Waals surface area (Å²) in [6.45, 7) is 17.9. The first-order chi connectivity index (χ1) is 23.1. The molecule has 274 valence electrons. The first kappa shape index (κ1) is 38.4. The minimum atomic E-state index is 0.155. The van der Waals surface area contributed by atoms with E-state index in [2.05, 4.69) is 43.5 Å². The third-order valence-corrected chi connectivity index (χ3v) is 10.7. The molecule has 4 heterocycles. The summed E-state index contributed by atoms with van der Waals surface area (Å²) in [5.74, 6) is 0.714. The van der Waals surface area contributed by atoms with Gasteiger partial charge in [0.15, 0.2) is 0 Å². The molecule has 0 bridgehead atoms. The zero-order valence-corrected chi connectivity index (χ0v) is 30.5. The van der Waals surface area contributed by atoms with Crippen LogP contribution >= 0.6 is 0 Å². The Labute approximate surface area is 289 Å². The lowest BCUT2D eigenvalue weighted by Crippen LogP contribution is -2.52. The molecule has 4 saturated heterocycles. The minimum absolute atomic E-state index is 0.155.